The summed E-state index contributed by atoms with van der Waals surface area (Å²) < 4.78 is 22.7. The first kappa shape index (κ1) is 25.2. The fourth-order valence-electron chi connectivity index (χ4n) is 4.79. The van der Waals surface area contributed by atoms with E-state index in [1.807, 2.05) is 74.1 Å². The van der Waals surface area contributed by atoms with Crippen LogP contribution in [0.5, 0.6) is 0 Å². The van der Waals surface area contributed by atoms with Crippen LogP contribution in [0, 0.1) is 0 Å². The van der Waals surface area contributed by atoms with E-state index in [9.17, 15) is 9.35 Å². The van der Waals surface area contributed by atoms with Crippen LogP contribution in [0.3, 0.4) is 0 Å². The standard InChI is InChI=1S/C28H33N5O3S/c1-18(2)36-28(34)31-20-9-7-19(8-10-20)27-26(29)23-12-11-22(17-24(23)33(27)21-5-4-6-21)37(35)16-13-25-30-14-15-32(25)3/h7-12,14-15,17-18,21H,4-6,13,16,29H2,1-3H3,(H,31,34). The summed E-state index contributed by atoms with van der Waals surface area (Å²) in [6.45, 7) is 3.62. The molecule has 1 aliphatic rings. The minimum absolute atomic E-state index is 0.189. The Balaban J connectivity index is 1.45. The average Bonchev–Trinajstić information content (AvgIpc) is 3.37. The molecule has 9 heteroatoms. The molecular formula is C28H33N5O3S. The van der Waals surface area contributed by atoms with Crippen LogP contribution in [0.25, 0.3) is 22.2 Å². The number of amides is 1. The number of anilines is 2. The van der Waals surface area contributed by atoms with Crippen molar-refractivity contribution in [1.82, 2.24) is 14.1 Å². The van der Waals surface area contributed by atoms with E-state index in [4.69, 9.17) is 10.5 Å². The first-order chi connectivity index (χ1) is 17.8. The molecule has 0 spiro atoms. The Morgan fingerprint density at radius 1 is 1.24 bits per heavy atom. The number of nitrogen functional groups attached to an aromatic ring is 1. The summed E-state index contributed by atoms with van der Waals surface area (Å²) in [6, 6.07) is 14.0. The lowest BCUT2D eigenvalue weighted by molar-refractivity contribution is 0.130. The summed E-state index contributed by atoms with van der Waals surface area (Å²) in [5.41, 5.74) is 11.1. The number of rotatable bonds is 8. The highest BCUT2D eigenvalue weighted by atomic mass is 32.2. The van der Waals surface area contributed by atoms with Gasteiger partial charge in [0.25, 0.3) is 0 Å². The van der Waals surface area contributed by atoms with E-state index in [1.165, 1.54) is 6.42 Å². The molecule has 2 heterocycles. The summed E-state index contributed by atoms with van der Waals surface area (Å²) in [6.07, 6.45) is 7.00. The van der Waals surface area contributed by atoms with Crippen molar-refractivity contribution in [2.75, 3.05) is 16.8 Å². The average molecular weight is 520 g/mol. The van der Waals surface area contributed by atoms with E-state index < -0.39 is 17.3 Å². The number of carbonyl (C=O) groups is 1. The highest BCUT2D eigenvalue weighted by molar-refractivity contribution is 7.91. The van der Waals surface area contributed by atoms with Gasteiger partial charge in [-0.3, -0.25) is 5.32 Å². The van der Waals surface area contributed by atoms with Gasteiger partial charge in [0.2, 0.25) is 0 Å². The Bertz CT molecular complexity index is 1410. The fourth-order valence-corrected chi connectivity index (χ4v) is 5.86. The van der Waals surface area contributed by atoms with Crippen molar-refractivity contribution in [2.24, 2.45) is 7.05 Å². The Kier molecular flexibility index (Phi) is 7.17. The normalized spacial score (nSPS) is 14.6. The number of carbonyl (C=O) groups excluding carboxylic acids is 1. The molecule has 3 N–H and O–H groups in total. The molecule has 8 nitrogen and oxygen atoms in total. The van der Waals surface area contributed by atoms with Gasteiger partial charge in [-0.05, 0) is 68.6 Å². The monoisotopic (exact) mass is 519 g/mol. The van der Waals surface area contributed by atoms with E-state index in [2.05, 4.69) is 14.9 Å². The summed E-state index contributed by atoms with van der Waals surface area (Å²) in [4.78, 5) is 17.1. The minimum atomic E-state index is -1.15. The first-order valence-electron chi connectivity index (χ1n) is 12.7. The maximum Gasteiger partial charge on any atom is 0.411 e. The van der Waals surface area contributed by atoms with Crippen molar-refractivity contribution in [3.8, 4) is 11.3 Å². The molecule has 2 aromatic carbocycles. The van der Waals surface area contributed by atoms with Gasteiger partial charge in [0.1, 0.15) is 11.6 Å². The topological polar surface area (TPSA) is 110 Å². The predicted octanol–water partition coefficient (Wildman–Crippen LogP) is 5.66. The molecule has 37 heavy (non-hydrogen) atoms. The third-order valence-electron chi connectivity index (χ3n) is 6.90. The number of aromatic nitrogens is 3. The van der Waals surface area contributed by atoms with Crippen LogP contribution in [0.2, 0.25) is 0 Å². The molecule has 0 bridgehead atoms. The molecule has 5 rings (SSSR count). The number of hydrogen-bond acceptors (Lipinski definition) is 5. The molecule has 1 fully saturated rings. The molecule has 1 saturated carbocycles. The number of ether oxygens (including phenoxy) is 1. The number of nitrogens with zero attached hydrogens (tertiary/aromatic N) is 3. The first-order valence-corrected chi connectivity index (χ1v) is 14.0. The van der Waals surface area contributed by atoms with E-state index >= 15 is 0 Å². The Labute approximate surface area is 220 Å². The molecule has 4 aromatic rings. The number of fused-ring (bicyclic) bond motifs is 1. The van der Waals surface area contributed by atoms with Crippen molar-refractivity contribution in [3.05, 3.63) is 60.7 Å². The largest absolute Gasteiger partial charge is 0.611 e. The zero-order valence-electron chi connectivity index (χ0n) is 21.4. The lowest BCUT2D eigenvalue weighted by Gasteiger charge is -2.30. The summed E-state index contributed by atoms with van der Waals surface area (Å²) in [7, 11) is 1.95. The zero-order chi connectivity index (χ0) is 26.1. The van der Waals surface area contributed by atoms with Crippen LogP contribution in [0.1, 0.15) is 45.0 Å². The molecule has 0 radical (unpaired) electrons. The molecule has 1 aliphatic carbocycles. The number of benzene rings is 2. The quantitative estimate of drug-likeness (QED) is 0.292. The number of nitrogens with one attached hydrogen (secondary N) is 1. The highest BCUT2D eigenvalue weighted by Gasteiger charge is 2.28. The van der Waals surface area contributed by atoms with Gasteiger partial charge >= 0.3 is 6.09 Å². The second-order valence-corrected chi connectivity index (χ2v) is 11.4. The molecule has 0 aliphatic heterocycles. The molecule has 1 atom stereocenters. The predicted molar refractivity (Wildman–Crippen MR) is 148 cm³/mol. The van der Waals surface area contributed by atoms with Crippen molar-refractivity contribution >= 4 is 39.5 Å². The summed E-state index contributed by atoms with van der Waals surface area (Å²) in [5, 5.41) is 3.73. The lowest BCUT2D eigenvalue weighted by Crippen LogP contribution is -2.18. The summed E-state index contributed by atoms with van der Waals surface area (Å²) in [5.74, 6) is 1.44. The third kappa shape index (κ3) is 5.19. The maximum absolute atomic E-state index is 13.2. The minimum Gasteiger partial charge on any atom is -0.611 e. The van der Waals surface area contributed by atoms with Gasteiger partial charge in [-0.2, -0.15) is 0 Å². The van der Waals surface area contributed by atoms with Crippen LogP contribution < -0.4 is 11.1 Å². The molecule has 0 saturated heterocycles. The lowest BCUT2D eigenvalue weighted by atomic mass is 9.92. The zero-order valence-corrected chi connectivity index (χ0v) is 22.3. The number of imidazole rings is 1. The van der Waals surface area contributed by atoms with Crippen molar-refractivity contribution < 1.29 is 14.1 Å². The van der Waals surface area contributed by atoms with Gasteiger partial charge < -0.3 is 24.2 Å². The second-order valence-electron chi connectivity index (χ2n) is 9.81. The molecule has 1 unspecified atom stereocenters. The Morgan fingerprint density at radius 2 is 2.00 bits per heavy atom. The molecule has 1 amide bonds. The van der Waals surface area contributed by atoms with Crippen molar-refractivity contribution in [3.63, 3.8) is 0 Å². The molecule has 2 aromatic heterocycles. The number of hydrogen-bond donors (Lipinski definition) is 2. The van der Waals surface area contributed by atoms with Crippen molar-refractivity contribution in [2.45, 2.75) is 56.6 Å². The van der Waals surface area contributed by atoms with Gasteiger partial charge in [-0.15, -0.1) is 0 Å². The van der Waals surface area contributed by atoms with E-state index in [0.717, 1.165) is 45.7 Å². The van der Waals surface area contributed by atoms with Crippen LogP contribution >= 0.6 is 0 Å². The second kappa shape index (κ2) is 10.5. The van der Waals surface area contributed by atoms with Crippen LogP contribution in [-0.2, 0) is 29.4 Å². The third-order valence-corrected chi connectivity index (χ3v) is 8.25. The van der Waals surface area contributed by atoms with Gasteiger partial charge in [0.15, 0.2) is 4.90 Å². The Morgan fingerprint density at radius 3 is 2.62 bits per heavy atom. The van der Waals surface area contributed by atoms with Crippen LogP contribution in [0.15, 0.2) is 59.8 Å². The van der Waals surface area contributed by atoms with E-state index in [-0.39, 0.29) is 6.10 Å². The fraction of sp³-hybridized carbons (Fsp3) is 0.357. The van der Waals surface area contributed by atoms with E-state index in [0.29, 0.717) is 29.6 Å². The van der Waals surface area contributed by atoms with Gasteiger partial charge in [0, 0.05) is 48.2 Å². The van der Waals surface area contributed by atoms with Crippen molar-refractivity contribution in [1.29, 1.82) is 0 Å². The number of aryl methyl sites for hydroxylation is 2. The van der Waals surface area contributed by atoms with Gasteiger partial charge in [-0.1, -0.05) is 12.1 Å². The maximum atomic E-state index is 13.2. The SMILES string of the molecule is CC(C)OC(=O)Nc1ccc(-c2c(N)c3ccc([S+]([O-])CCc4nccn4C)cc3n2C2CCC2)cc1. The van der Waals surface area contributed by atoms with E-state index in [1.54, 1.807) is 6.20 Å². The Hall–Kier alpha value is -3.43. The molecular weight excluding hydrogens is 486 g/mol. The van der Waals surface area contributed by atoms with Crippen LogP contribution in [0.4, 0.5) is 16.2 Å². The van der Waals surface area contributed by atoms with Gasteiger partial charge in [-0.25, -0.2) is 9.78 Å². The highest BCUT2D eigenvalue weighted by Crippen LogP contribution is 2.44. The summed E-state index contributed by atoms with van der Waals surface area (Å²) >= 11 is -1.15. The number of nitrogens with two attached hydrogens (primary N) is 1. The van der Waals surface area contributed by atoms with Gasteiger partial charge in [0.05, 0.1) is 29.4 Å². The smallest absolute Gasteiger partial charge is 0.411 e. The molecule has 194 valence electrons. The van der Waals surface area contributed by atoms with Crippen LogP contribution in [-0.4, -0.2) is 36.6 Å².